The van der Waals surface area contributed by atoms with Gasteiger partial charge in [-0.1, -0.05) is 78.6 Å². The molecule has 1 aliphatic heterocycles. The number of unbranched alkanes of at least 4 members (excludes halogenated alkanes) is 6. The lowest BCUT2D eigenvalue weighted by Crippen LogP contribution is -2.30. The van der Waals surface area contributed by atoms with Crippen LogP contribution in [0.25, 0.3) is 31.9 Å². The number of imide groups is 1. The van der Waals surface area contributed by atoms with Crippen molar-refractivity contribution in [3.63, 3.8) is 0 Å². The minimum absolute atomic E-state index is 0.218. The smallest absolute Gasteiger partial charge is 0.262 e. The van der Waals surface area contributed by atoms with E-state index in [9.17, 15) is 18.4 Å². The molecular weight excluding hydrogens is 587 g/mol. The molecule has 0 bridgehead atoms. The highest BCUT2D eigenvalue weighted by atomic mass is 32.1. The predicted molar refractivity (Wildman–Crippen MR) is 171 cm³/mol. The molecule has 2 amide bonds. The Balaban J connectivity index is 1.61. The molecule has 5 rings (SSSR count). The van der Waals surface area contributed by atoms with E-state index in [2.05, 4.69) is 20.8 Å². The van der Waals surface area contributed by atoms with Crippen molar-refractivity contribution in [2.24, 2.45) is 5.92 Å². The molecule has 0 saturated carbocycles. The second-order valence-electron chi connectivity index (χ2n) is 11.5. The minimum Gasteiger partial charge on any atom is -0.274 e. The molecule has 43 heavy (non-hydrogen) atoms. The summed E-state index contributed by atoms with van der Waals surface area (Å²) in [6, 6.07) is 2.77. The summed E-state index contributed by atoms with van der Waals surface area (Å²) in [6.45, 7) is 7.42. The Bertz CT molecular complexity index is 1490. The van der Waals surface area contributed by atoms with E-state index in [0.29, 0.717) is 57.3 Å². The van der Waals surface area contributed by atoms with Gasteiger partial charge in [0.1, 0.15) is 22.7 Å². The Morgan fingerprint density at radius 3 is 1.72 bits per heavy atom. The van der Waals surface area contributed by atoms with Crippen LogP contribution in [0, 0.1) is 17.6 Å². The highest BCUT2D eigenvalue weighted by Gasteiger charge is 2.43. The van der Waals surface area contributed by atoms with Gasteiger partial charge in [-0.15, -0.1) is 22.7 Å². The third-order valence-corrected chi connectivity index (χ3v) is 10.3. The Morgan fingerprint density at radius 2 is 1.23 bits per heavy atom. The molecule has 0 saturated heterocycles. The van der Waals surface area contributed by atoms with Crippen LogP contribution >= 0.6 is 22.7 Å². The van der Waals surface area contributed by atoms with Crippen LogP contribution in [0.1, 0.15) is 112 Å². The van der Waals surface area contributed by atoms with Crippen LogP contribution in [0.3, 0.4) is 0 Å². The summed E-state index contributed by atoms with van der Waals surface area (Å²) in [7, 11) is 0. The van der Waals surface area contributed by atoms with E-state index in [1.807, 2.05) is 0 Å². The first kappa shape index (κ1) is 31.4. The van der Waals surface area contributed by atoms with Crippen molar-refractivity contribution in [1.82, 2.24) is 19.9 Å². The summed E-state index contributed by atoms with van der Waals surface area (Å²) in [5.74, 6) is -1.10. The number of thiophene rings is 2. The van der Waals surface area contributed by atoms with Crippen LogP contribution in [-0.2, 0) is 6.54 Å². The molecule has 4 aromatic rings. The quantitative estimate of drug-likeness (QED) is 0.0917. The fourth-order valence-corrected chi connectivity index (χ4v) is 7.64. The van der Waals surface area contributed by atoms with Crippen LogP contribution in [0.2, 0.25) is 0 Å². The molecule has 0 radical (unpaired) electrons. The van der Waals surface area contributed by atoms with Crippen LogP contribution in [-0.4, -0.2) is 38.3 Å². The number of fused-ring (bicyclic) bond motifs is 2. The van der Waals surface area contributed by atoms with Gasteiger partial charge in [0, 0.05) is 38.2 Å². The van der Waals surface area contributed by atoms with Gasteiger partial charge in [0.05, 0.1) is 17.7 Å². The molecule has 0 fully saturated rings. The Kier molecular flexibility index (Phi) is 10.4. The van der Waals surface area contributed by atoms with E-state index < -0.39 is 23.4 Å². The van der Waals surface area contributed by atoms with Crippen LogP contribution in [0.5, 0.6) is 0 Å². The zero-order chi connectivity index (χ0) is 30.5. The molecule has 3 aromatic heterocycles. The molecule has 1 aliphatic rings. The lowest BCUT2D eigenvalue weighted by molar-refractivity contribution is 0.0652. The summed E-state index contributed by atoms with van der Waals surface area (Å²) in [6.07, 6.45) is 11.5. The van der Waals surface area contributed by atoms with E-state index in [4.69, 9.17) is 10.2 Å². The monoisotopic (exact) mass is 626 g/mol. The first-order valence-corrected chi connectivity index (χ1v) is 17.4. The summed E-state index contributed by atoms with van der Waals surface area (Å²) >= 11 is 2.34. The van der Waals surface area contributed by atoms with Crippen molar-refractivity contribution < 1.29 is 18.4 Å². The van der Waals surface area contributed by atoms with E-state index in [0.717, 1.165) is 51.4 Å². The normalized spacial score (nSPS) is 13.9. The van der Waals surface area contributed by atoms with Gasteiger partial charge >= 0.3 is 0 Å². The van der Waals surface area contributed by atoms with E-state index >= 15 is 0 Å². The van der Waals surface area contributed by atoms with Gasteiger partial charge < -0.3 is 0 Å². The molecule has 10 heteroatoms. The maximum absolute atomic E-state index is 14.4. The van der Waals surface area contributed by atoms with E-state index in [-0.39, 0.29) is 11.1 Å². The summed E-state index contributed by atoms with van der Waals surface area (Å²) in [4.78, 5) is 32.1. The van der Waals surface area contributed by atoms with Gasteiger partial charge in [-0.05, 0) is 30.9 Å². The molecule has 1 unspecified atom stereocenters. The van der Waals surface area contributed by atoms with Gasteiger partial charge in [0.2, 0.25) is 0 Å². The van der Waals surface area contributed by atoms with Crippen molar-refractivity contribution in [3.05, 3.63) is 45.7 Å². The third kappa shape index (κ3) is 6.60. The number of hydrogen-bond donors (Lipinski definition) is 0. The summed E-state index contributed by atoms with van der Waals surface area (Å²) in [5.41, 5.74) is 2.19. The molecule has 1 aromatic carbocycles. The van der Waals surface area contributed by atoms with Gasteiger partial charge in [-0.2, -0.15) is 15.0 Å². The maximum atomic E-state index is 14.4. The number of carbonyl (C=O) groups is 2. The van der Waals surface area contributed by atoms with Gasteiger partial charge in [0.25, 0.3) is 11.8 Å². The average Bonchev–Trinajstić information content (AvgIpc) is 3.78. The molecule has 0 N–H and O–H groups in total. The van der Waals surface area contributed by atoms with Crippen molar-refractivity contribution in [1.29, 1.82) is 0 Å². The topological polar surface area (TPSA) is 68.1 Å². The lowest BCUT2D eigenvalue weighted by atomic mass is 9.93. The molecule has 4 heterocycles. The second kappa shape index (κ2) is 14.2. The molecular formula is C33H40F2N4O2S2. The van der Waals surface area contributed by atoms with Crippen LogP contribution in [0.4, 0.5) is 8.78 Å². The van der Waals surface area contributed by atoms with Gasteiger partial charge in [-0.3, -0.25) is 14.5 Å². The number of rotatable bonds is 16. The summed E-state index contributed by atoms with van der Waals surface area (Å²) < 4.78 is 28.8. The zero-order valence-corrected chi connectivity index (χ0v) is 26.9. The highest BCUT2D eigenvalue weighted by molar-refractivity contribution is 7.14. The molecule has 0 spiro atoms. The number of hydrogen-bond acceptors (Lipinski definition) is 6. The third-order valence-electron chi connectivity index (χ3n) is 8.44. The van der Waals surface area contributed by atoms with Crippen molar-refractivity contribution in [3.8, 4) is 20.9 Å². The molecule has 230 valence electrons. The predicted octanol–water partition coefficient (Wildman–Crippen LogP) is 9.73. The molecule has 6 nitrogen and oxygen atoms in total. The first-order valence-electron chi connectivity index (χ1n) is 15.7. The maximum Gasteiger partial charge on any atom is 0.262 e. The molecule has 1 atom stereocenters. The average molecular weight is 627 g/mol. The van der Waals surface area contributed by atoms with Crippen molar-refractivity contribution >= 4 is 45.5 Å². The van der Waals surface area contributed by atoms with Crippen molar-refractivity contribution in [2.75, 3.05) is 6.54 Å². The molecule has 0 aliphatic carbocycles. The number of halogens is 2. The number of amides is 2. The van der Waals surface area contributed by atoms with Gasteiger partial charge in [0.15, 0.2) is 0 Å². The fourth-order valence-electron chi connectivity index (χ4n) is 6.03. The van der Waals surface area contributed by atoms with E-state index in [1.54, 1.807) is 4.80 Å². The second-order valence-corrected chi connectivity index (χ2v) is 13.3. The van der Waals surface area contributed by atoms with Crippen molar-refractivity contribution in [2.45, 2.75) is 97.9 Å². The zero-order valence-electron chi connectivity index (χ0n) is 25.3. The minimum atomic E-state index is -0.416. The fraction of sp³-hybridized carbons (Fsp3) is 0.515. The number of aromatic nitrogens is 3. The van der Waals surface area contributed by atoms with E-state index in [1.165, 1.54) is 63.3 Å². The SMILES string of the molecule is CCCCCCCCN1C(=O)c2c(c(-c3cc(F)cs3)c3nn(CCC(CC)CCCC)nc3c2-c2cc(F)cs2)C1=O. The Labute approximate surface area is 260 Å². The van der Waals surface area contributed by atoms with Gasteiger partial charge in [-0.25, -0.2) is 8.78 Å². The summed E-state index contributed by atoms with van der Waals surface area (Å²) in [5, 5.41) is 12.5. The lowest BCUT2D eigenvalue weighted by Gasteiger charge is -2.14. The number of aryl methyl sites for hydroxylation is 1. The first-order chi connectivity index (χ1) is 20.9. The van der Waals surface area contributed by atoms with Crippen LogP contribution in [0.15, 0.2) is 22.9 Å². The number of nitrogens with zero attached hydrogens (tertiary/aromatic N) is 4. The number of benzene rings is 1. The number of carbonyl (C=O) groups excluding carboxylic acids is 2. The Morgan fingerprint density at radius 1 is 0.698 bits per heavy atom. The standard InChI is InChI=1S/C33H40F2N4O2S2/c1-4-7-9-10-11-12-15-38-32(40)28-26(24-17-22(34)19-42-24)30-31(27(29(28)33(38)41)25-18-23(35)20-43-25)37-39(36-30)16-14-21(6-3)13-8-5-2/h17-21H,4-16H2,1-3H3. The van der Waals surface area contributed by atoms with Crippen LogP contribution < -0.4 is 0 Å². The Hall–Kier alpha value is -2.98. The highest BCUT2D eigenvalue weighted by Crippen LogP contribution is 2.47. The largest absolute Gasteiger partial charge is 0.274 e.